The number of fused-ring (bicyclic) bond motifs is 2. The highest BCUT2D eigenvalue weighted by molar-refractivity contribution is 6.31. The van der Waals surface area contributed by atoms with Crippen molar-refractivity contribution in [2.75, 3.05) is 26.4 Å². The van der Waals surface area contributed by atoms with Gasteiger partial charge < -0.3 is 18.9 Å². The number of carbonyl (C=O) groups is 2. The zero-order valence-electron chi connectivity index (χ0n) is 45.9. The van der Waals surface area contributed by atoms with Crippen molar-refractivity contribution < 1.29 is 28.5 Å². The van der Waals surface area contributed by atoms with Gasteiger partial charge in [0.25, 0.3) is 0 Å². The fraction of sp³-hybridized carbons (Fsp3) is 0.750. The highest BCUT2D eigenvalue weighted by Crippen LogP contribution is 2.44. The van der Waals surface area contributed by atoms with E-state index < -0.39 is 0 Å². The first-order chi connectivity index (χ1) is 35.0. The summed E-state index contributed by atoms with van der Waals surface area (Å²) in [7, 11) is 0. The Morgan fingerprint density at radius 2 is 0.620 bits per heavy atom. The second kappa shape index (κ2) is 44.5. The molecule has 0 aliphatic heterocycles. The van der Waals surface area contributed by atoms with E-state index >= 15 is 0 Å². The second-order valence-corrected chi connectivity index (χ2v) is 21.4. The van der Waals surface area contributed by atoms with Crippen LogP contribution in [0.3, 0.4) is 0 Å². The average Bonchev–Trinajstić information content (AvgIpc) is 3.37. The molecule has 0 amide bonds. The summed E-state index contributed by atoms with van der Waals surface area (Å²) in [6.45, 7) is 6.85. The van der Waals surface area contributed by atoms with Crippen molar-refractivity contribution in [3.05, 3.63) is 47.5 Å². The molecule has 3 aromatic rings. The molecule has 0 N–H and O–H groups in total. The number of ether oxygens (including phenoxy) is 4. The van der Waals surface area contributed by atoms with Crippen molar-refractivity contribution in [1.82, 2.24) is 0 Å². The van der Waals surface area contributed by atoms with Gasteiger partial charge in [-0.15, -0.1) is 0 Å². The zero-order chi connectivity index (χ0) is 50.5. The minimum absolute atomic E-state index is 0.0122. The Labute approximate surface area is 440 Å². The molecular formula is C64H105ClO6. The van der Waals surface area contributed by atoms with E-state index in [1.807, 2.05) is 6.07 Å². The van der Waals surface area contributed by atoms with E-state index in [4.69, 9.17) is 30.5 Å². The molecule has 0 unspecified atom stereocenters. The third kappa shape index (κ3) is 31.4. The van der Waals surface area contributed by atoms with Crippen LogP contribution < -0.4 is 9.47 Å². The normalized spacial score (nSPS) is 11.5. The van der Waals surface area contributed by atoms with Crippen molar-refractivity contribution >= 4 is 45.1 Å². The van der Waals surface area contributed by atoms with Crippen LogP contribution in [0.25, 0.3) is 21.5 Å². The quantitative estimate of drug-likeness (QED) is 0.0319. The molecule has 0 aliphatic carbocycles. The van der Waals surface area contributed by atoms with Crippen LogP contribution in [0, 0.1) is 0 Å². The third-order valence-corrected chi connectivity index (χ3v) is 14.7. The van der Waals surface area contributed by atoms with Gasteiger partial charge in [-0.25, -0.2) is 0 Å². The van der Waals surface area contributed by atoms with Crippen LogP contribution in [0.2, 0.25) is 5.02 Å². The van der Waals surface area contributed by atoms with Crippen LogP contribution in [-0.4, -0.2) is 38.4 Å². The highest BCUT2D eigenvalue weighted by atomic mass is 35.5. The van der Waals surface area contributed by atoms with E-state index in [0.29, 0.717) is 32.7 Å². The zero-order valence-corrected chi connectivity index (χ0v) is 46.7. The molecule has 0 atom stereocenters. The van der Waals surface area contributed by atoms with Gasteiger partial charge in [0, 0.05) is 39.4 Å². The molecule has 3 aromatic carbocycles. The van der Waals surface area contributed by atoms with Crippen molar-refractivity contribution in [2.45, 2.75) is 284 Å². The van der Waals surface area contributed by atoms with Crippen LogP contribution in [0.5, 0.6) is 11.5 Å². The van der Waals surface area contributed by atoms with Crippen LogP contribution in [0.15, 0.2) is 42.5 Å². The standard InChI is InChI=1S/C64H105ClO6/c1-3-5-51-68-61(66)47-39-35-31-27-23-19-15-11-7-9-13-17-21-25-29-33-37-43-53-70-63-57-45-41-42-46-58(57)64(60-55-56(65)49-50-59(60)63)71-54-44-38-34-30-26-22-18-14-10-8-12-16-20-24-28-32-36-40-48-62(67)69-52-6-4-2/h41-42,45-46,49-50,55H,3-40,43-44,47-48,51-54H2,1-2H3. The summed E-state index contributed by atoms with van der Waals surface area (Å²) in [6.07, 6.45) is 51.9. The van der Waals surface area contributed by atoms with Crippen LogP contribution >= 0.6 is 11.6 Å². The average molecular weight is 1010 g/mol. The largest absolute Gasteiger partial charge is 0.492 e. The molecule has 3 rings (SSSR count). The summed E-state index contributed by atoms with van der Waals surface area (Å²) in [6, 6.07) is 14.7. The second-order valence-electron chi connectivity index (χ2n) is 21.0. The predicted molar refractivity (Wildman–Crippen MR) is 305 cm³/mol. The first-order valence-electron chi connectivity index (χ1n) is 30.3. The Morgan fingerprint density at radius 1 is 0.338 bits per heavy atom. The lowest BCUT2D eigenvalue weighted by Crippen LogP contribution is -2.05. The van der Waals surface area contributed by atoms with E-state index in [-0.39, 0.29) is 11.9 Å². The predicted octanol–water partition coefficient (Wildman–Crippen LogP) is 20.9. The number of esters is 2. The Hall–Kier alpha value is -2.99. The van der Waals surface area contributed by atoms with Crippen LogP contribution in [-0.2, 0) is 19.1 Å². The smallest absolute Gasteiger partial charge is 0.305 e. The molecule has 0 aliphatic rings. The maximum Gasteiger partial charge on any atom is 0.305 e. The maximum atomic E-state index is 11.7. The molecule has 0 radical (unpaired) electrons. The minimum Gasteiger partial charge on any atom is -0.492 e. The van der Waals surface area contributed by atoms with Crippen LogP contribution in [0.4, 0.5) is 0 Å². The van der Waals surface area contributed by atoms with E-state index in [2.05, 4.69) is 50.2 Å². The number of halogens is 1. The van der Waals surface area contributed by atoms with Gasteiger partial charge in [0.15, 0.2) is 0 Å². The number of hydrogen-bond acceptors (Lipinski definition) is 6. The number of benzene rings is 3. The summed E-state index contributed by atoms with van der Waals surface area (Å²) in [5, 5.41) is 5.08. The van der Waals surface area contributed by atoms with Crippen LogP contribution in [0.1, 0.15) is 284 Å². The summed E-state index contributed by atoms with van der Waals surface area (Å²) in [5.41, 5.74) is 0. The molecule has 0 saturated heterocycles. The molecule has 71 heavy (non-hydrogen) atoms. The lowest BCUT2D eigenvalue weighted by atomic mass is 10.0. The summed E-state index contributed by atoms with van der Waals surface area (Å²) in [4.78, 5) is 23.4. The number of rotatable bonds is 50. The van der Waals surface area contributed by atoms with E-state index in [1.54, 1.807) is 0 Å². The molecule has 404 valence electrons. The molecule has 0 bridgehead atoms. The molecule has 0 fully saturated rings. The van der Waals surface area contributed by atoms with Gasteiger partial charge in [-0.05, 0) is 56.7 Å². The molecule has 0 heterocycles. The summed E-state index contributed by atoms with van der Waals surface area (Å²) >= 11 is 6.60. The first kappa shape index (κ1) is 62.3. The van der Waals surface area contributed by atoms with Gasteiger partial charge in [0.2, 0.25) is 0 Å². The fourth-order valence-electron chi connectivity index (χ4n) is 9.94. The molecule has 0 saturated carbocycles. The molecule has 7 heteroatoms. The third-order valence-electron chi connectivity index (χ3n) is 14.5. The van der Waals surface area contributed by atoms with Gasteiger partial charge in [-0.2, -0.15) is 0 Å². The van der Waals surface area contributed by atoms with Crippen molar-refractivity contribution in [2.24, 2.45) is 0 Å². The van der Waals surface area contributed by atoms with Crippen molar-refractivity contribution in [3.8, 4) is 11.5 Å². The number of unbranched alkanes of at least 4 members (excludes halogenated alkanes) is 36. The Morgan fingerprint density at radius 3 is 0.944 bits per heavy atom. The molecule has 0 aromatic heterocycles. The minimum atomic E-state index is -0.0124. The van der Waals surface area contributed by atoms with Gasteiger partial charge in [0.05, 0.1) is 26.4 Å². The number of carbonyl (C=O) groups excluding carboxylic acids is 2. The number of hydrogen-bond donors (Lipinski definition) is 0. The SMILES string of the molecule is CCCCOC(=O)CCCCCCCCCCCCCCCCCCCCOc1c2ccccc2c(OCCCCCCCCCCCCCCCCCCCCC(=O)OCCCC)c2cc(Cl)ccc12. The lowest BCUT2D eigenvalue weighted by molar-refractivity contribution is -0.144. The summed E-state index contributed by atoms with van der Waals surface area (Å²) in [5.74, 6) is 1.87. The van der Waals surface area contributed by atoms with E-state index in [9.17, 15) is 9.59 Å². The van der Waals surface area contributed by atoms with E-state index in [1.165, 1.54) is 193 Å². The Kier molecular flexibility index (Phi) is 39.0. The topological polar surface area (TPSA) is 71.1 Å². The maximum absolute atomic E-state index is 11.7. The van der Waals surface area contributed by atoms with Crippen molar-refractivity contribution in [3.63, 3.8) is 0 Å². The lowest BCUT2D eigenvalue weighted by Gasteiger charge is -2.18. The molecular weight excluding hydrogens is 900 g/mol. The van der Waals surface area contributed by atoms with Gasteiger partial charge in [-0.1, -0.05) is 268 Å². The fourth-order valence-corrected chi connectivity index (χ4v) is 10.1. The van der Waals surface area contributed by atoms with Gasteiger partial charge in [0.1, 0.15) is 11.5 Å². The van der Waals surface area contributed by atoms with E-state index in [0.717, 1.165) is 109 Å². The van der Waals surface area contributed by atoms with Gasteiger partial charge in [-0.3, -0.25) is 9.59 Å². The van der Waals surface area contributed by atoms with Gasteiger partial charge >= 0.3 is 11.9 Å². The highest BCUT2D eigenvalue weighted by Gasteiger charge is 2.17. The van der Waals surface area contributed by atoms with Crippen molar-refractivity contribution in [1.29, 1.82) is 0 Å². The first-order valence-corrected chi connectivity index (χ1v) is 30.6. The Bertz CT molecular complexity index is 1740. The monoisotopic (exact) mass is 1000 g/mol. The molecule has 0 spiro atoms. The Balaban J connectivity index is 1.15. The molecule has 6 nitrogen and oxygen atoms in total. The summed E-state index contributed by atoms with van der Waals surface area (Å²) < 4.78 is 23.7.